The SMILES string of the molecule is CCOc1ccc(-c2cc(N)n[nH]2)cc1[N+](=O)[O-]. The molecule has 0 radical (unpaired) electrons. The molecule has 0 aliphatic carbocycles. The number of nitro groups is 1. The van der Waals surface area contributed by atoms with E-state index in [1.807, 2.05) is 0 Å². The summed E-state index contributed by atoms with van der Waals surface area (Å²) in [6.07, 6.45) is 0. The van der Waals surface area contributed by atoms with Crippen LogP contribution in [0.15, 0.2) is 24.3 Å². The fourth-order valence-electron chi connectivity index (χ4n) is 1.59. The van der Waals surface area contributed by atoms with Gasteiger partial charge in [-0.2, -0.15) is 5.10 Å². The number of nitrogen functional groups attached to an aromatic ring is 1. The molecule has 0 aliphatic heterocycles. The molecule has 0 spiro atoms. The van der Waals surface area contributed by atoms with Gasteiger partial charge in [0.05, 0.1) is 17.2 Å². The summed E-state index contributed by atoms with van der Waals surface area (Å²) in [5.41, 5.74) is 6.67. The molecule has 0 bridgehead atoms. The van der Waals surface area contributed by atoms with Crippen molar-refractivity contribution in [3.8, 4) is 17.0 Å². The molecule has 3 N–H and O–H groups in total. The predicted molar refractivity (Wildman–Crippen MR) is 66.3 cm³/mol. The van der Waals surface area contributed by atoms with Gasteiger partial charge in [0.15, 0.2) is 5.75 Å². The molecule has 2 rings (SSSR count). The van der Waals surface area contributed by atoms with Crippen molar-refractivity contribution < 1.29 is 9.66 Å². The second kappa shape index (κ2) is 4.74. The van der Waals surface area contributed by atoms with Crippen molar-refractivity contribution in [3.05, 3.63) is 34.4 Å². The number of H-pyrrole nitrogens is 1. The zero-order chi connectivity index (χ0) is 13.1. The summed E-state index contributed by atoms with van der Waals surface area (Å²) in [6.45, 7) is 2.14. The summed E-state index contributed by atoms with van der Waals surface area (Å²) in [7, 11) is 0. The average Bonchev–Trinajstić information content (AvgIpc) is 2.76. The van der Waals surface area contributed by atoms with Gasteiger partial charge in [-0.3, -0.25) is 15.2 Å². The van der Waals surface area contributed by atoms with E-state index in [-0.39, 0.29) is 11.4 Å². The maximum absolute atomic E-state index is 11.0. The standard InChI is InChI=1S/C11H12N4O3/c1-2-18-10-4-3-7(5-9(10)15(16)17)8-6-11(12)14-13-8/h3-6H,2H2,1H3,(H3,12,13,14). The van der Waals surface area contributed by atoms with Gasteiger partial charge >= 0.3 is 5.69 Å². The van der Waals surface area contributed by atoms with Crippen LogP contribution in [0.5, 0.6) is 5.75 Å². The predicted octanol–water partition coefficient (Wildman–Crippen LogP) is 1.97. The number of benzene rings is 1. The Kier molecular flexibility index (Phi) is 3.13. The third kappa shape index (κ3) is 2.24. The van der Waals surface area contributed by atoms with Gasteiger partial charge in [-0.05, 0) is 19.1 Å². The summed E-state index contributed by atoms with van der Waals surface area (Å²) >= 11 is 0. The Labute approximate surface area is 103 Å². The minimum Gasteiger partial charge on any atom is -0.487 e. The number of aromatic nitrogens is 2. The summed E-state index contributed by atoms with van der Waals surface area (Å²) in [5.74, 6) is 0.584. The van der Waals surface area contributed by atoms with E-state index in [9.17, 15) is 10.1 Å². The van der Waals surface area contributed by atoms with Gasteiger partial charge in [-0.25, -0.2) is 0 Å². The molecule has 1 aromatic carbocycles. The molecular formula is C11H12N4O3. The molecule has 94 valence electrons. The van der Waals surface area contributed by atoms with Gasteiger partial charge < -0.3 is 10.5 Å². The number of nitrogens with one attached hydrogen (secondary N) is 1. The average molecular weight is 248 g/mol. The van der Waals surface area contributed by atoms with Crippen molar-refractivity contribution in [1.29, 1.82) is 0 Å². The smallest absolute Gasteiger partial charge is 0.311 e. The van der Waals surface area contributed by atoms with Crippen LogP contribution < -0.4 is 10.5 Å². The highest BCUT2D eigenvalue weighted by molar-refractivity contribution is 5.67. The highest BCUT2D eigenvalue weighted by Crippen LogP contribution is 2.32. The number of ether oxygens (including phenoxy) is 1. The van der Waals surface area contributed by atoms with E-state index in [2.05, 4.69) is 10.2 Å². The van der Waals surface area contributed by atoms with Crippen LogP contribution in [0.3, 0.4) is 0 Å². The Morgan fingerprint density at radius 3 is 2.83 bits per heavy atom. The minimum atomic E-state index is -0.478. The van der Waals surface area contributed by atoms with E-state index in [0.717, 1.165) is 0 Å². The van der Waals surface area contributed by atoms with E-state index in [0.29, 0.717) is 23.7 Å². The summed E-state index contributed by atoms with van der Waals surface area (Å²) < 4.78 is 5.20. The summed E-state index contributed by atoms with van der Waals surface area (Å²) in [6, 6.07) is 6.32. The Hall–Kier alpha value is -2.57. The van der Waals surface area contributed by atoms with Crippen LogP contribution in [0.25, 0.3) is 11.3 Å². The normalized spacial score (nSPS) is 10.3. The molecule has 0 saturated heterocycles. The number of nitrogens with zero attached hydrogens (tertiary/aromatic N) is 2. The molecule has 2 aromatic rings. The van der Waals surface area contributed by atoms with Crippen molar-refractivity contribution in [2.75, 3.05) is 12.3 Å². The Morgan fingerprint density at radius 2 is 2.28 bits per heavy atom. The van der Waals surface area contributed by atoms with Crippen LogP contribution in [0.2, 0.25) is 0 Å². The second-order valence-electron chi connectivity index (χ2n) is 3.58. The molecule has 1 aromatic heterocycles. The van der Waals surface area contributed by atoms with Gasteiger partial charge in [0.1, 0.15) is 5.82 Å². The van der Waals surface area contributed by atoms with E-state index >= 15 is 0 Å². The van der Waals surface area contributed by atoms with Crippen LogP contribution >= 0.6 is 0 Å². The number of anilines is 1. The molecule has 0 unspecified atom stereocenters. The molecule has 0 fully saturated rings. The molecule has 0 saturated carbocycles. The molecule has 0 aliphatic rings. The van der Waals surface area contributed by atoms with Crippen molar-refractivity contribution in [2.24, 2.45) is 0 Å². The van der Waals surface area contributed by atoms with Crippen molar-refractivity contribution in [1.82, 2.24) is 10.2 Å². The lowest BCUT2D eigenvalue weighted by Crippen LogP contribution is -1.97. The number of nitrogens with two attached hydrogens (primary N) is 1. The second-order valence-corrected chi connectivity index (χ2v) is 3.58. The van der Waals surface area contributed by atoms with Gasteiger partial charge in [0.2, 0.25) is 0 Å². The Balaban J connectivity index is 2.46. The largest absolute Gasteiger partial charge is 0.487 e. The number of hydrogen-bond acceptors (Lipinski definition) is 5. The maximum atomic E-state index is 11.0. The molecule has 1 heterocycles. The number of hydrogen-bond donors (Lipinski definition) is 2. The highest BCUT2D eigenvalue weighted by Gasteiger charge is 2.16. The molecule has 18 heavy (non-hydrogen) atoms. The first-order valence-corrected chi connectivity index (χ1v) is 5.34. The lowest BCUT2D eigenvalue weighted by molar-refractivity contribution is -0.385. The van der Waals surface area contributed by atoms with E-state index < -0.39 is 4.92 Å². The maximum Gasteiger partial charge on any atom is 0.311 e. The molecule has 7 heteroatoms. The molecule has 7 nitrogen and oxygen atoms in total. The first-order valence-electron chi connectivity index (χ1n) is 5.34. The topological polar surface area (TPSA) is 107 Å². The minimum absolute atomic E-state index is 0.0810. The first kappa shape index (κ1) is 11.9. The van der Waals surface area contributed by atoms with Crippen molar-refractivity contribution in [2.45, 2.75) is 6.92 Å². The third-order valence-electron chi connectivity index (χ3n) is 2.36. The molecule has 0 atom stereocenters. The summed E-state index contributed by atoms with van der Waals surface area (Å²) in [5, 5.41) is 17.4. The monoisotopic (exact) mass is 248 g/mol. The van der Waals surface area contributed by atoms with Crippen LogP contribution in [-0.2, 0) is 0 Å². The lowest BCUT2D eigenvalue weighted by Gasteiger charge is -2.05. The number of rotatable bonds is 4. The Morgan fingerprint density at radius 1 is 1.50 bits per heavy atom. The van der Waals surface area contributed by atoms with E-state index in [4.69, 9.17) is 10.5 Å². The zero-order valence-corrected chi connectivity index (χ0v) is 9.71. The van der Waals surface area contributed by atoms with Crippen LogP contribution in [-0.4, -0.2) is 21.7 Å². The van der Waals surface area contributed by atoms with Crippen LogP contribution in [0, 0.1) is 10.1 Å². The fraction of sp³-hybridized carbons (Fsp3) is 0.182. The van der Waals surface area contributed by atoms with E-state index in [1.165, 1.54) is 6.07 Å². The quantitative estimate of drug-likeness (QED) is 0.635. The molecule has 0 amide bonds. The molecular weight excluding hydrogens is 236 g/mol. The van der Waals surface area contributed by atoms with Gasteiger partial charge in [-0.15, -0.1) is 0 Å². The fourth-order valence-corrected chi connectivity index (χ4v) is 1.59. The van der Waals surface area contributed by atoms with Gasteiger partial charge in [-0.1, -0.05) is 0 Å². The van der Waals surface area contributed by atoms with Gasteiger partial charge in [0, 0.05) is 17.7 Å². The van der Waals surface area contributed by atoms with Gasteiger partial charge in [0.25, 0.3) is 0 Å². The highest BCUT2D eigenvalue weighted by atomic mass is 16.6. The summed E-state index contributed by atoms with van der Waals surface area (Å²) in [4.78, 5) is 10.5. The zero-order valence-electron chi connectivity index (χ0n) is 9.71. The van der Waals surface area contributed by atoms with Crippen molar-refractivity contribution >= 4 is 11.5 Å². The lowest BCUT2D eigenvalue weighted by atomic mass is 10.1. The van der Waals surface area contributed by atoms with E-state index in [1.54, 1.807) is 25.1 Å². The third-order valence-corrected chi connectivity index (χ3v) is 2.36. The number of aromatic amines is 1. The Bertz CT molecular complexity index is 579. The van der Waals surface area contributed by atoms with Crippen LogP contribution in [0.4, 0.5) is 11.5 Å². The van der Waals surface area contributed by atoms with Crippen molar-refractivity contribution in [3.63, 3.8) is 0 Å². The first-order chi connectivity index (χ1) is 8.61. The number of nitro benzene ring substituents is 1. The van der Waals surface area contributed by atoms with Crippen LogP contribution in [0.1, 0.15) is 6.92 Å².